The zero-order valence-electron chi connectivity index (χ0n) is 10.2. The molecule has 1 saturated carbocycles. The summed E-state index contributed by atoms with van der Waals surface area (Å²) < 4.78 is 4.58. The van der Waals surface area contributed by atoms with Gasteiger partial charge in [0, 0.05) is 11.5 Å². The lowest BCUT2D eigenvalue weighted by Crippen LogP contribution is -2.38. The summed E-state index contributed by atoms with van der Waals surface area (Å²) in [5.41, 5.74) is 5.70. The molecule has 1 heterocycles. The minimum atomic E-state index is -0.688. The first-order chi connectivity index (χ1) is 8.06. The summed E-state index contributed by atoms with van der Waals surface area (Å²) in [6.07, 6.45) is 5.67. The standard InChI is InChI=1S/C12H20N2O3/c1-17-11(16)9(13)6-8-7-12(14-10(8)15)4-2-3-5-12/h8-9H,2-7,13H2,1H3,(H,14,15). The summed E-state index contributed by atoms with van der Waals surface area (Å²) in [4.78, 5) is 23.1. The van der Waals surface area contributed by atoms with Crippen LogP contribution in [0.4, 0.5) is 0 Å². The van der Waals surface area contributed by atoms with Crippen LogP contribution in [0.5, 0.6) is 0 Å². The fourth-order valence-electron chi connectivity index (χ4n) is 3.10. The summed E-state index contributed by atoms with van der Waals surface area (Å²) in [6.45, 7) is 0. The molecule has 1 saturated heterocycles. The molecular weight excluding hydrogens is 220 g/mol. The second-order valence-corrected chi connectivity index (χ2v) is 5.24. The Morgan fingerprint density at radius 1 is 1.59 bits per heavy atom. The van der Waals surface area contributed by atoms with Gasteiger partial charge in [0.25, 0.3) is 0 Å². The Labute approximate surface area is 101 Å². The van der Waals surface area contributed by atoms with E-state index >= 15 is 0 Å². The van der Waals surface area contributed by atoms with Gasteiger partial charge < -0.3 is 15.8 Å². The molecule has 2 unspecified atom stereocenters. The Morgan fingerprint density at radius 2 is 2.24 bits per heavy atom. The SMILES string of the molecule is COC(=O)C(N)CC1CC2(CCCC2)NC1=O. The van der Waals surface area contributed by atoms with E-state index in [4.69, 9.17) is 5.73 Å². The van der Waals surface area contributed by atoms with E-state index in [1.807, 2.05) is 0 Å². The van der Waals surface area contributed by atoms with Crippen LogP contribution in [0.2, 0.25) is 0 Å². The molecule has 3 N–H and O–H groups in total. The first-order valence-corrected chi connectivity index (χ1v) is 6.22. The molecule has 1 aliphatic carbocycles. The molecule has 2 aliphatic rings. The summed E-state index contributed by atoms with van der Waals surface area (Å²) >= 11 is 0. The van der Waals surface area contributed by atoms with Crippen molar-refractivity contribution in [3.63, 3.8) is 0 Å². The third-order valence-electron chi connectivity index (χ3n) is 4.00. The summed E-state index contributed by atoms with van der Waals surface area (Å²) in [5.74, 6) is -0.529. The summed E-state index contributed by atoms with van der Waals surface area (Å²) in [7, 11) is 1.31. The highest BCUT2D eigenvalue weighted by atomic mass is 16.5. The van der Waals surface area contributed by atoms with Crippen molar-refractivity contribution in [3.05, 3.63) is 0 Å². The molecule has 5 heteroatoms. The number of nitrogens with two attached hydrogens (primary N) is 1. The van der Waals surface area contributed by atoms with Crippen molar-refractivity contribution >= 4 is 11.9 Å². The Hall–Kier alpha value is -1.10. The number of nitrogens with one attached hydrogen (secondary N) is 1. The molecule has 1 aliphatic heterocycles. The molecule has 0 aromatic heterocycles. The number of methoxy groups -OCH3 is 1. The van der Waals surface area contributed by atoms with Crippen LogP contribution in [-0.2, 0) is 14.3 Å². The van der Waals surface area contributed by atoms with Gasteiger partial charge in [-0.25, -0.2) is 0 Å². The summed E-state index contributed by atoms with van der Waals surface area (Å²) in [6, 6.07) is -0.688. The molecule has 0 aromatic rings. The third kappa shape index (κ3) is 2.44. The van der Waals surface area contributed by atoms with Crippen LogP contribution in [0.1, 0.15) is 38.5 Å². The predicted octanol–water partition coefficient (Wildman–Crippen LogP) is 0.326. The van der Waals surface area contributed by atoms with E-state index in [2.05, 4.69) is 10.1 Å². The Bertz CT molecular complexity index is 324. The van der Waals surface area contributed by atoms with Gasteiger partial charge >= 0.3 is 5.97 Å². The maximum Gasteiger partial charge on any atom is 0.322 e. The van der Waals surface area contributed by atoms with Gasteiger partial charge in [-0.2, -0.15) is 0 Å². The van der Waals surface area contributed by atoms with Gasteiger partial charge in [-0.3, -0.25) is 9.59 Å². The van der Waals surface area contributed by atoms with Gasteiger partial charge in [0.05, 0.1) is 7.11 Å². The van der Waals surface area contributed by atoms with Crippen molar-refractivity contribution in [1.29, 1.82) is 0 Å². The van der Waals surface area contributed by atoms with Crippen molar-refractivity contribution in [1.82, 2.24) is 5.32 Å². The number of hydrogen-bond acceptors (Lipinski definition) is 4. The number of carbonyl (C=O) groups excluding carboxylic acids is 2. The Kier molecular flexibility index (Phi) is 3.38. The van der Waals surface area contributed by atoms with Crippen LogP contribution in [0, 0.1) is 5.92 Å². The zero-order chi connectivity index (χ0) is 12.5. The first-order valence-electron chi connectivity index (χ1n) is 6.22. The van der Waals surface area contributed by atoms with Crippen LogP contribution in [0.3, 0.4) is 0 Å². The minimum Gasteiger partial charge on any atom is -0.468 e. The lowest BCUT2D eigenvalue weighted by molar-refractivity contribution is -0.142. The maximum absolute atomic E-state index is 11.9. The largest absolute Gasteiger partial charge is 0.468 e. The molecule has 2 rings (SSSR count). The van der Waals surface area contributed by atoms with Crippen molar-refractivity contribution in [2.24, 2.45) is 11.7 Å². The molecule has 2 atom stereocenters. The van der Waals surface area contributed by atoms with Crippen molar-refractivity contribution in [2.45, 2.75) is 50.1 Å². The van der Waals surface area contributed by atoms with Gasteiger partial charge in [0.15, 0.2) is 0 Å². The van der Waals surface area contributed by atoms with Gasteiger partial charge in [0.1, 0.15) is 6.04 Å². The zero-order valence-corrected chi connectivity index (χ0v) is 10.2. The number of hydrogen-bond donors (Lipinski definition) is 2. The average Bonchev–Trinajstić information content (AvgIpc) is 2.86. The van der Waals surface area contributed by atoms with E-state index in [0.717, 1.165) is 19.3 Å². The topological polar surface area (TPSA) is 81.4 Å². The molecule has 0 aromatic carbocycles. The number of esters is 1. The number of ether oxygens (including phenoxy) is 1. The average molecular weight is 240 g/mol. The van der Waals surface area contributed by atoms with Crippen molar-refractivity contribution in [3.8, 4) is 0 Å². The second-order valence-electron chi connectivity index (χ2n) is 5.24. The highest BCUT2D eigenvalue weighted by Gasteiger charge is 2.46. The van der Waals surface area contributed by atoms with Gasteiger partial charge in [0.2, 0.25) is 5.91 Å². The molecule has 1 spiro atoms. The van der Waals surface area contributed by atoms with Crippen LogP contribution in [0.15, 0.2) is 0 Å². The van der Waals surface area contributed by atoms with Gasteiger partial charge in [-0.05, 0) is 25.7 Å². The van der Waals surface area contributed by atoms with Crippen molar-refractivity contribution < 1.29 is 14.3 Å². The Morgan fingerprint density at radius 3 is 2.82 bits per heavy atom. The number of rotatable bonds is 3. The van der Waals surface area contributed by atoms with Crippen LogP contribution in [0.25, 0.3) is 0 Å². The van der Waals surface area contributed by atoms with Crippen molar-refractivity contribution in [2.75, 3.05) is 7.11 Å². The van der Waals surface area contributed by atoms with E-state index in [-0.39, 0.29) is 17.4 Å². The minimum absolute atomic E-state index is 0.00239. The number of carbonyl (C=O) groups is 2. The smallest absolute Gasteiger partial charge is 0.322 e. The Balaban J connectivity index is 1.94. The summed E-state index contributed by atoms with van der Waals surface area (Å²) in [5, 5.41) is 3.10. The van der Waals surface area contributed by atoms with E-state index in [1.165, 1.54) is 20.0 Å². The monoisotopic (exact) mass is 240 g/mol. The molecule has 2 fully saturated rings. The van der Waals surface area contributed by atoms with E-state index in [0.29, 0.717) is 6.42 Å². The van der Waals surface area contributed by atoms with Crippen LogP contribution < -0.4 is 11.1 Å². The van der Waals surface area contributed by atoms with E-state index in [9.17, 15) is 9.59 Å². The second kappa shape index (κ2) is 4.64. The lowest BCUT2D eigenvalue weighted by atomic mass is 9.88. The van der Waals surface area contributed by atoms with Crippen LogP contribution >= 0.6 is 0 Å². The predicted molar refractivity (Wildman–Crippen MR) is 62.1 cm³/mol. The molecular formula is C12H20N2O3. The van der Waals surface area contributed by atoms with Gasteiger partial charge in [-0.1, -0.05) is 12.8 Å². The third-order valence-corrected chi connectivity index (χ3v) is 4.00. The molecule has 0 bridgehead atoms. The van der Waals surface area contributed by atoms with Gasteiger partial charge in [-0.15, -0.1) is 0 Å². The molecule has 0 radical (unpaired) electrons. The highest BCUT2D eigenvalue weighted by Crippen LogP contribution is 2.40. The molecule has 96 valence electrons. The van der Waals surface area contributed by atoms with Crippen LogP contribution in [-0.4, -0.2) is 30.6 Å². The first kappa shape index (κ1) is 12.4. The molecule has 5 nitrogen and oxygen atoms in total. The molecule has 1 amide bonds. The quantitative estimate of drug-likeness (QED) is 0.696. The fourth-order valence-corrected chi connectivity index (χ4v) is 3.10. The lowest BCUT2D eigenvalue weighted by Gasteiger charge is -2.22. The fraction of sp³-hybridized carbons (Fsp3) is 0.833. The normalized spacial score (nSPS) is 28.1. The number of amides is 1. The maximum atomic E-state index is 11.9. The molecule has 17 heavy (non-hydrogen) atoms. The highest BCUT2D eigenvalue weighted by molar-refractivity contribution is 5.83. The van der Waals surface area contributed by atoms with E-state index in [1.54, 1.807) is 0 Å². The van der Waals surface area contributed by atoms with E-state index < -0.39 is 12.0 Å².